The van der Waals surface area contributed by atoms with Gasteiger partial charge in [0, 0.05) is 0 Å². The highest BCUT2D eigenvalue weighted by molar-refractivity contribution is 9.09. The predicted molar refractivity (Wildman–Crippen MR) is 79.5 cm³/mol. The Morgan fingerprint density at radius 3 is 2.44 bits per heavy atom. The summed E-state index contributed by atoms with van der Waals surface area (Å²) >= 11 is 9.42. The van der Waals surface area contributed by atoms with Crippen LogP contribution in [-0.4, -0.2) is 0 Å². The summed E-state index contributed by atoms with van der Waals surface area (Å²) in [5.74, 6) is 0.835. The molecular formula is C15H16BrClO. The largest absolute Gasteiger partial charge is 0.448 e. The highest BCUT2D eigenvalue weighted by Gasteiger charge is 2.14. The van der Waals surface area contributed by atoms with Crippen LogP contribution in [0.15, 0.2) is 40.8 Å². The number of rotatable bonds is 5. The van der Waals surface area contributed by atoms with Gasteiger partial charge >= 0.3 is 0 Å². The van der Waals surface area contributed by atoms with Crippen molar-refractivity contribution in [2.75, 3.05) is 0 Å². The summed E-state index contributed by atoms with van der Waals surface area (Å²) in [5.41, 5.74) is 2.57. The van der Waals surface area contributed by atoms with Gasteiger partial charge in [0.25, 0.3) is 0 Å². The van der Waals surface area contributed by atoms with Gasteiger partial charge in [-0.15, -0.1) is 0 Å². The van der Waals surface area contributed by atoms with Crippen LogP contribution in [0, 0.1) is 0 Å². The van der Waals surface area contributed by atoms with Crippen molar-refractivity contribution in [3.8, 4) is 0 Å². The van der Waals surface area contributed by atoms with Gasteiger partial charge in [0.1, 0.15) is 5.76 Å². The lowest BCUT2D eigenvalue weighted by Gasteiger charge is -2.08. The van der Waals surface area contributed by atoms with E-state index in [1.807, 2.05) is 6.07 Å². The number of hydrogen-bond donors (Lipinski definition) is 0. The van der Waals surface area contributed by atoms with E-state index in [1.54, 1.807) is 6.07 Å². The Bertz CT molecular complexity index is 489. The average Bonchev–Trinajstić information content (AvgIpc) is 2.83. The fraction of sp³-hybridized carbons (Fsp3) is 0.333. The molecule has 0 bridgehead atoms. The molecule has 0 fully saturated rings. The molecule has 1 atom stereocenters. The molecular weight excluding hydrogens is 312 g/mol. The summed E-state index contributed by atoms with van der Waals surface area (Å²) in [6.07, 6.45) is 3.62. The van der Waals surface area contributed by atoms with E-state index in [0.717, 1.165) is 12.2 Å². The minimum Gasteiger partial charge on any atom is -0.448 e. The summed E-state index contributed by atoms with van der Waals surface area (Å²) in [4.78, 5) is 0.0604. The second-order valence-electron chi connectivity index (χ2n) is 4.35. The Morgan fingerprint density at radius 2 is 1.89 bits per heavy atom. The van der Waals surface area contributed by atoms with Crippen molar-refractivity contribution in [1.82, 2.24) is 0 Å². The Labute approximate surface area is 121 Å². The number of alkyl halides is 1. The number of hydrogen-bond acceptors (Lipinski definition) is 1. The van der Waals surface area contributed by atoms with Crippen molar-refractivity contribution in [2.45, 2.75) is 31.0 Å². The standard InChI is InChI=1S/C15H16BrClO/c1-2-3-4-11-5-7-12(8-6-11)15(16)13-9-10-14(17)18-13/h5-10,15H,2-4H2,1H3. The molecule has 18 heavy (non-hydrogen) atoms. The Kier molecular flexibility index (Phi) is 4.90. The highest BCUT2D eigenvalue weighted by Crippen LogP contribution is 2.33. The summed E-state index contributed by atoms with van der Waals surface area (Å²) in [6.45, 7) is 2.21. The van der Waals surface area contributed by atoms with Gasteiger partial charge in [-0.05, 0) is 47.7 Å². The molecule has 2 aromatic rings. The number of unbranched alkanes of at least 4 members (excludes halogenated alkanes) is 1. The molecule has 1 aromatic carbocycles. The first-order valence-electron chi connectivity index (χ1n) is 6.19. The fourth-order valence-electron chi connectivity index (χ4n) is 1.86. The first kappa shape index (κ1) is 13.7. The SMILES string of the molecule is CCCCc1ccc(C(Br)c2ccc(Cl)o2)cc1. The van der Waals surface area contributed by atoms with Crippen LogP contribution in [0.3, 0.4) is 0 Å². The lowest BCUT2D eigenvalue weighted by Crippen LogP contribution is -1.92. The molecule has 0 aliphatic heterocycles. The number of benzene rings is 1. The Hall–Kier alpha value is -0.730. The molecule has 0 aliphatic carbocycles. The molecule has 0 radical (unpaired) electrons. The van der Waals surface area contributed by atoms with Crippen molar-refractivity contribution in [3.05, 3.63) is 58.5 Å². The predicted octanol–water partition coefficient (Wildman–Crippen LogP) is 5.76. The lowest BCUT2D eigenvalue weighted by molar-refractivity contribution is 0.521. The third-order valence-corrected chi connectivity index (χ3v) is 4.12. The van der Waals surface area contributed by atoms with Crippen LogP contribution in [0.25, 0.3) is 0 Å². The minimum atomic E-state index is 0.0604. The normalized spacial score (nSPS) is 12.6. The van der Waals surface area contributed by atoms with E-state index in [0.29, 0.717) is 5.22 Å². The van der Waals surface area contributed by atoms with E-state index in [4.69, 9.17) is 16.0 Å². The van der Waals surface area contributed by atoms with Crippen molar-refractivity contribution in [2.24, 2.45) is 0 Å². The molecule has 1 nitrogen and oxygen atoms in total. The lowest BCUT2D eigenvalue weighted by atomic mass is 10.0. The third-order valence-electron chi connectivity index (χ3n) is 2.94. The monoisotopic (exact) mass is 326 g/mol. The molecule has 0 N–H and O–H groups in total. The maximum atomic E-state index is 5.79. The van der Waals surface area contributed by atoms with E-state index in [9.17, 15) is 0 Å². The second-order valence-corrected chi connectivity index (χ2v) is 5.64. The second kappa shape index (κ2) is 6.44. The maximum absolute atomic E-state index is 5.79. The summed E-state index contributed by atoms with van der Waals surface area (Å²) in [7, 11) is 0. The van der Waals surface area contributed by atoms with Crippen LogP contribution < -0.4 is 0 Å². The Balaban J connectivity index is 2.09. The van der Waals surface area contributed by atoms with Crippen LogP contribution in [0.1, 0.15) is 41.5 Å². The van der Waals surface area contributed by atoms with E-state index in [-0.39, 0.29) is 4.83 Å². The van der Waals surface area contributed by atoms with Crippen molar-refractivity contribution >= 4 is 27.5 Å². The maximum Gasteiger partial charge on any atom is 0.193 e. The van der Waals surface area contributed by atoms with Gasteiger partial charge in [-0.1, -0.05) is 53.5 Å². The molecule has 0 amide bonds. The molecule has 0 saturated heterocycles. The first-order valence-corrected chi connectivity index (χ1v) is 7.48. The van der Waals surface area contributed by atoms with E-state index >= 15 is 0 Å². The zero-order valence-electron chi connectivity index (χ0n) is 10.3. The van der Waals surface area contributed by atoms with Gasteiger partial charge in [-0.3, -0.25) is 0 Å². The van der Waals surface area contributed by atoms with E-state index in [2.05, 4.69) is 47.1 Å². The molecule has 0 aliphatic rings. The molecule has 96 valence electrons. The van der Waals surface area contributed by atoms with E-state index < -0.39 is 0 Å². The Morgan fingerprint density at radius 1 is 1.17 bits per heavy atom. The van der Waals surface area contributed by atoms with Gasteiger partial charge in [0.2, 0.25) is 0 Å². The zero-order valence-corrected chi connectivity index (χ0v) is 12.7. The quantitative estimate of drug-likeness (QED) is 0.636. The third kappa shape index (κ3) is 3.39. The molecule has 1 unspecified atom stereocenters. The molecule has 0 spiro atoms. The summed E-state index contributed by atoms with van der Waals surface area (Å²) in [5, 5.41) is 0.425. The summed E-state index contributed by atoms with van der Waals surface area (Å²) in [6, 6.07) is 12.3. The van der Waals surface area contributed by atoms with Gasteiger partial charge < -0.3 is 4.42 Å². The van der Waals surface area contributed by atoms with Crippen molar-refractivity contribution in [3.63, 3.8) is 0 Å². The molecule has 1 aromatic heterocycles. The number of halogens is 2. The van der Waals surface area contributed by atoms with Gasteiger partial charge in [-0.25, -0.2) is 0 Å². The van der Waals surface area contributed by atoms with Crippen LogP contribution in [0.2, 0.25) is 5.22 Å². The number of aryl methyl sites for hydroxylation is 1. The van der Waals surface area contributed by atoms with Crippen molar-refractivity contribution in [1.29, 1.82) is 0 Å². The average molecular weight is 328 g/mol. The summed E-state index contributed by atoms with van der Waals surface area (Å²) < 4.78 is 5.41. The van der Waals surface area contributed by atoms with E-state index in [1.165, 1.54) is 24.0 Å². The first-order chi connectivity index (χ1) is 8.70. The van der Waals surface area contributed by atoms with Crippen LogP contribution in [-0.2, 0) is 6.42 Å². The molecule has 2 rings (SSSR count). The molecule has 0 saturated carbocycles. The number of furan rings is 1. The topological polar surface area (TPSA) is 13.1 Å². The zero-order chi connectivity index (χ0) is 13.0. The molecule has 3 heteroatoms. The van der Waals surface area contributed by atoms with Crippen LogP contribution in [0.4, 0.5) is 0 Å². The van der Waals surface area contributed by atoms with Crippen LogP contribution in [0.5, 0.6) is 0 Å². The minimum absolute atomic E-state index is 0.0604. The smallest absolute Gasteiger partial charge is 0.193 e. The molecule has 1 heterocycles. The van der Waals surface area contributed by atoms with Gasteiger partial charge in [0.15, 0.2) is 5.22 Å². The van der Waals surface area contributed by atoms with Crippen molar-refractivity contribution < 1.29 is 4.42 Å². The fourth-order valence-corrected chi connectivity index (χ4v) is 2.57. The van der Waals surface area contributed by atoms with Gasteiger partial charge in [0.05, 0.1) is 4.83 Å². The van der Waals surface area contributed by atoms with Gasteiger partial charge in [-0.2, -0.15) is 0 Å². The van der Waals surface area contributed by atoms with Crippen LogP contribution >= 0.6 is 27.5 Å². The highest BCUT2D eigenvalue weighted by atomic mass is 79.9.